The summed E-state index contributed by atoms with van der Waals surface area (Å²) >= 11 is 12.0. The highest BCUT2D eigenvalue weighted by Gasteiger charge is 2.17. The SMILES string of the molecule is N[C@H](C(=O)Nc1c(Cl)cccc1Cl)c1ccccc1. The second-order valence-corrected chi connectivity index (χ2v) is 4.79. The molecule has 98 valence electrons. The van der Waals surface area contributed by atoms with E-state index in [0.717, 1.165) is 5.56 Å². The van der Waals surface area contributed by atoms with Gasteiger partial charge >= 0.3 is 0 Å². The number of para-hydroxylation sites is 1. The van der Waals surface area contributed by atoms with Gasteiger partial charge in [0.25, 0.3) is 0 Å². The highest BCUT2D eigenvalue weighted by atomic mass is 35.5. The van der Waals surface area contributed by atoms with Crippen molar-refractivity contribution < 1.29 is 4.79 Å². The van der Waals surface area contributed by atoms with Crippen LogP contribution in [0, 0.1) is 0 Å². The van der Waals surface area contributed by atoms with Crippen molar-refractivity contribution in [2.24, 2.45) is 5.73 Å². The maximum atomic E-state index is 12.1. The smallest absolute Gasteiger partial charge is 0.245 e. The lowest BCUT2D eigenvalue weighted by molar-refractivity contribution is -0.117. The molecule has 0 aliphatic rings. The Bertz CT molecular complexity index is 567. The van der Waals surface area contributed by atoms with Gasteiger partial charge in [-0.2, -0.15) is 0 Å². The van der Waals surface area contributed by atoms with Gasteiger partial charge in [-0.3, -0.25) is 4.79 Å². The van der Waals surface area contributed by atoms with Gasteiger partial charge in [-0.15, -0.1) is 0 Å². The molecule has 5 heteroatoms. The van der Waals surface area contributed by atoms with E-state index in [9.17, 15) is 4.79 Å². The molecule has 19 heavy (non-hydrogen) atoms. The molecule has 2 aromatic rings. The second-order valence-electron chi connectivity index (χ2n) is 3.97. The van der Waals surface area contributed by atoms with Crippen LogP contribution in [-0.4, -0.2) is 5.91 Å². The van der Waals surface area contributed by atoms with E-state index in [-0.39, 0.29) is 5.91 Å². The Balaban J connectivity index is 2.18. The monoisotopic (exact) mass is 294 g/mol. The van der Waals surface area contributed by atoms with Gasteiger partial charge in [0, 0.05) is 0 Å². The number of carbonyl (C=O) groups is 1. The molecule has 0 radical (unpaired) electrons. The summed E-state index contributed by atoms with van der Waals surface area (Å²) in [5.74, 6) is -0.360. The van der Waals surface area contributed by atoms with Crippen LogP contribution in [-0.2, 0) is 4.79 Å². The molecule has 3 nitrogen and oxygen atoms in total. The largest absolute Gasteiger partial charge is 0.322 e. The molecule has 3 N–H and O–H groups in total. The molecular formula is C14H12Cl2N2O. The Morgan fingerprint density at radius 1 is 1.00 bits per heavy atom. The van der Waals surface area contributed by atoms with Crippen molar-refractivity contribution >= 4 is 34.8 Å². The minimum Gasteiger partial charge on any atom is -0.322 e. The number of nitrogens with one attached hydrogen (secondary N) is 1. The zero-order chi connectivity index (χ0) is 13.8. The Kier molecular flexibility index (Phi) is 4.43. The lowest BCUT2D eigenvalue weighted by atomic mass is 10.1. The molecular weight excluding hydrogens is 283 g/mol. The average molecular weight is 295 g/mol. The van der Waals surface area contributed by atoms with Gasteiger partial charge in [-0.05, 0) is 17.7 Å². The van der Waals surface area contributed by atoms with Crippen molar-refractivity contribution in [3.63, 3.8) is 0 Å². The fourth-order valence-electron chi connectivity index (χ4n) is 1.63. The quantitative estimate of drug-likeness (QED) is 0.908. The number of nitrogens with two attached hydrogens (primary N) is 1. The zero-order valence-corrected chi connectivity index (χ0v) is 11.4. The summed E-state index contributed by atoms with van der Waals surface area (Å²) < 4.78 is 0. The van der Waals surface area contributed by atoms with E-state index in [4.69, 9.17) is 28.9 Å². The van der Waals surface area contributed by atoms with Crippen LogP contribution >= 0.6 is 23.2 Å². The number of hydrogen-bond acceptors (Lipinski definition) is 2. The van der Waals surface area contributed by atoms with Crippen molar-refractivity contribution in [3.05, 3.63) is 64.1 Å². The molecule has 2 aromatic carbocycles. The van der Waals surface area contributed by atoms with Crippen molar-refractivity contribution in [3.8, 4) is 0 Å². The van der Waals surface area contributed by atoms with Crippen LogP contribution in [0.2, 0.25) is 10.0 Å². The number of benzene rings is 2. The number of halogens is 2. The second kappa shape index (κ2) is 6.06. The molecule has 0 saturated carbocycles. The Hall–Kier alpha value is -1.55. The first kappa shape index (κ1) is 13.9. The summed E-state index contributed by atoms with van der Waals surface area (Å²) in [5.41, 5.74) is 6.99. The predicted octanol–water partition coefficient (Wildman–Crippen LogP) is 3.63. The van der Waals surface area contributed by atoms with Crippen molar-refractivity contribution in [1.82, 2.24) is 0 Å². The number of anilines is 1. The predicted molar refractivity (Wildman–Crippen MR) is 78.5 cm³/mol. The Morgan fingerprint density at radius 3 is 2.16 bits per heavy atom. The van der Waals surface area contributed by atoms with Crippen LogP contribution in [0.4, 0.5) is 5.69 Å². The standard InChI is InChI=1S/C14H12Cl2N2O/c15-10-7-4-8-11(16)13(10)18-14(19)12(17)9-5-2-1-3-6-9/h1-8,12H,17H2,(H,18,19)/t12-/m0/s1. The van der Waals surface area contributed by atoms with Crippen LogP contribution < -0.4 is 11.1 Å². The maximum absolute atomic E-state index is 12.1. The van der Waals surface area contributed by atoms with Crippen molar-refractivity contribution in [2.75, 3.05) is 5.32 Å². The summed E-state index contributed by atoms with van der Waals surface area (Å²) in [7, 11) is 0. The van der Waals surface area contributed by atoms with Gasteiger partial charge in [0.05, 0.1) is 15.7 Å². The number of hydrogen-bond donors (Lipinski definition) is 2. The average Bonchev–Trinajstić information content (AvgIpc) is 2.43. The normalized spacial score (nSPS) is 11.9. The van der Waals surface area contributed by atoms with Crippen LogP contribution in [0.3, 0.4) is 0 Å². The molecule has 0 heterocycles. The molecule has 0 bridgehead atoms. The van der Waals surface area contributed by atoms with Crippen LogP contribution in [0.15, 0.2) is 48.5 Å². The Morgan fingerprint density at radius 2 is 1.58 bits per heavy atom. The first-order valence-corrected chi connectivity index (χ1v) is 6.40. The van der Waals surface area contributed by atoms with E-state index in [0.29, 0.717) is 15.7 Å². The highest BCUT2D eigenvalue weighted by Crippen LogP contribution is 2.30. The number of rotatable bonds is 3. The van der Waals surface area contributed by atoms with E-state index in [1.165, 1.54) is 0 Å². The zero-order valence-electron chi connectivity index (χ0n) is 9.94. The van der Waals surface area contributed by atoms with Crippen LogP contribution in [0.25, 0.3) is 0 Å². The first-order valence-electron chi connectivity index (χ1n) is 5.65. The van der Waals surface area contributed by atoms with Gasteiger partial charge in [0.2, 0.25) is 5.91 Å². The van der Waals surface area contributed by atoms with Crippen LogP contribution in [0.1, 0.15) is 11.6 Å². The Labute approximate surface area is 121 Å². The summed E-state index contributed by atoms with van der Waals surface area (Å²) in [5, 5.41) is 3.40. The van der Waals surface area contributed by atoms with Gasteiger partial charge in [0.15, 0.2) is 0 Å². The molecule has 1 amide bonds. The minimum atomic E-state index is -0.770. The van der Waals surface area contributed by atoms with E-state index in [1.807, 2.05) is 18.2 Å². The third-order valence-electron chi connectivity index (χ3n) is 2.65. The third-order valence-corrected chi connectivity index (χ3v) is 3.28. The fourth-order valence-corrected chi connectivity index (χ4v) is 2.12. The highest BCUT2D eigenvalue weighted by molar-refractivity contribution is 6.39. The van der Waals surface area contributed by atoms with Gasteiger partial charge in [-0.1, -0.05) is 59.6 Å². The molecule has 0 unspecified atom stereocenters. The van der Waals surface area contributed by atoms with E-state index in [1.54, 1.807) is 30.3 Å². The fraction of sp³-hybridized carbons (Fsp3) is 0.0714. The maximum Gasteiger partial charge on any atom is 0.245 e. The summed E-state index contributed by atoms with van der Waals surface area (Å²) in [6.45, 7) is 0. The number of amides is 1. The molecule has 0 saturated heterocycles. The topological polar surface area (TPSA) is 55.1 Å². The van der Waals surface area contributed by atoms with Gasteiger partial charge in [0.1, 0.15) is 6.04 Å². The minimum absolute atomic E-state index is 0.360. The third kappa shape index (κ3) is 3.26. The van der Waals surface area contributed by atoms with E-state index < -0.39 is 6.04 Å². The van der Waals surface area contributed by atoms with E-state index in [2.05, 4.69) is 5.32 Å². The molecule has 1 atom stereocenters. The summed E-state index contributed by atoms with van der Waals surface area (Å²) in [6.07, 6.45) is 0. The summed E-state index contributed by atoms with van der Waals surface area (Å²) in [6, 6.07) is 13.3. The van der Waals surface area contributed by atoms with Crippen LogP contribution in [0.5, 0.6) is 0 Å². The van der Waals surface area contributed by atoms with Crippen molar-refractivity contribution in [2.45, 2.75) is 6.04 Å². The molecule has 0 aliphatic carbocycles. The molecule has 0 aliphatic heterocycles. The van der Waals surface area contributed by atoms with E-state index >= 15 is 0 Å². The van der Waals surface area contributed by atoms with Gasteiger partial charge in [-0.25, -0.2) is 0 Å². The lowest BCUT2D eigenvalue weighted by Crippen LogP contribution is -2.27. The first-order chi connectivity index (χ1) is 9.09. The molecule has 0 spiro atoms. The van der Waals surface area contributed by atoms with Gasteiger partial charge < -0.3 is 11.1 Å². The molecule has 0 fully saturated rings. The summed E-state index contributed by atoms with van der Waals surface area (Å²) in [4.78, 5) is 12.1. The molecule has 0 aromatic heterocycles. The lowest BCUT2D eigenvalue weighted by Gasteiger charge is -2.14. The van der Waals surface area contributed by atoms with Crippen molar-refractivity contribution in [1.29, 1.82) is 0 Å². The molecule has 2 rings (SSSR count). The number of carbonyl (C=O) groups excluding carboxylic acids is 1.